The Morgan fingerprint density at radius 2 is 1.90 bits per heavy atom. The van der Waals surface area contributed by atoms with Crippen LogP contribution in [0.5, 0.6) is 0 Å². The lowest BCUT2D eigenvalue weighted by atomic mass is 10.0. The first-order valence-corrected chi connectivity index (χ1v) is 9.96. The molecule has 1 saturated heterocycles. The summed E-state index contributed by atoms with van der Waals surface area (Å²) < 4.78 is 76.2. The van der Waals surface area contributed by atoms with Gasteiger partial charge in [0, 0.05) is 30.2 Å². The topological polar surface area (TPSA) is 29.8 Å². The maximum Gasteiger partial charge on any atom is 0.416 e. The van der Waals surface area contributed by atoms with E-state index in [2.05, 4.69) is 25.8 Å². The number of fused-ring (bicyclic) bond motifs is 1. The second kappa shape index (κ2) is 7.90. The van der Waals surface area contributed by atoms with Crippen molar-refractivity contribution in [1.29, 1.82) is 0 Å². The minimum atomic E-state index is -4.56. The summed E-state index contributed by atoms with van der Waals surface area (Å²) >= 11 is 3.03. The molecule has 1 aromatic carbocycles. The van der Waals surface area contributed by atoms with Crippen molar-refractivity contribution in [2.24, 2.45) is 0 Å². The summed E-state index contributed by atoms with van der Waals surface area (Å²) in [6.45, 7) is 1.83. The fraction of sp³-hybridized carbons (Fsp3) is 0.350. The van der Waals surface area contributed by atoms with Crippen LogP contribution in [0, 0.1) is 11.6 Å². The van der Waals surface area contributed by atoms with E-state index in [1.54, 1.807) is 0 Å². The van der Waals surface area contributed by atoms with Crippen LogP contribution in [-0.4, -0.2) is 47.1 Å². The van der Waals surface area contributed by atoms with Gasteiger partial charge in [-0.2, -0.15) is 13.2 Å². The molecule has 0 saturated carbocycles. The van der Waals surface area contributed by atoms with Crippen LogP contribution in [0.2, 0.25) is 0 Å². The number of pyridine rings is 1. The summed E-state index contributed by atoms with van der Waals surface area (Å²) in [5.74, 6) is -1.71. The molecule has 30 heavy (non-hydrogen) atoms. The van der Waals surface area contributed by atoms with Crippen molar-refractivity contribution in [3.05, 3.63) is 57.8 Å². The van der Waals surface area contributed by atoms with E-state index in [1.165, 1.54) is 10.6 Å². The molecule has 0 aliphatic carbocycles. The number of ether oxygens (including phenoxy) is 1. The van der Waals surface area contributed by atoms with E-state index < -0.39 is 23.4 Å². The Hall–Kier alpha value is -2.04. The zero-order valence-electron chi connectivity index (χ0n) is 15.8. The number of hydrogen-bond acceptors (Lipinski definition) is 3. The highest BCUT2D eigenvalue weighted by atomic mass is 79.9. The molecule has 1 aliphatic heterocycles. The zero-order chi connectivity index (χ0) is 21.6. The molecule has 1 aliphatic rings. The Kier molecular flexibility index (Phi) is 5.58. The van der Waals surface area contributed by atoms with Gasteiger partial charge >= 0.3 is 6.18 Å². The standard InChI is InChI=1S/C20H17BrF5N3O/c1-28-4-5-30-13(10-28)9-16-19(18-14(22)7-12(21)8-15(18)23)27-17-6-11(20(24,25)26)2-3-29(16)17/h2-3,6-8,13H,4-5,9-10H2,1H3. The number of alkyl halides is 3. The van der Waals surface area contributed by atoms with E-state index in [0.717, 1.165) is 30.8 Å². The Morgan fingerprint density at radius 3 is 2.53 bits per heavy atom. The predicted molar refractivity (Wildman–Crippen MR) is 104 cm³/mol. The first-order valence-electron chi connectivity index (χ1n) is 9.16. The number of morpholine rings is 1. The van der Waals surface area contributed by atoms with Crippen LogP contribution in [-0.2, 0) is 17.3 Å². The molecule has 3 aromatic rings. The second-order valence-corrected chi connectivity index (χ2v) is 8.17. The maximum absolute atomic E-state index is 14.7. The van der Waals surface area contributed by atoms with Gasteiger partial charge in [-0.1, -0.05) is 15.9 Å². The monoisotopic (exact) mass is 489 g/mol. The minimum Gasteiger partial charge on any atom is -0.375 e. The van der Waals surface area contributed by atoms with Gasteiger partial charge in [0.1, 0.15) is 17.3 Å². The first-order chi connectivity index (χ1) is 14.1. The third kappa shape index (κ3) is 4.08. The molecule has 4 nitrogen and oxygen atoms in total. The molecular weight excluding hydrogens is 473 g/mol. The van der Waals surface area contributed by atoms with Gasteiger partial charge in [-0.05, 0) is 31.3 Å². The zero-order valence-corrected chi connectivity index (χ0v) is 17.4. The number of imidazole rings is 1. The van der Waals surface area contributed by atoms with Gasteiger partial charge in [-0.25, -0.2) is 13.8 Å². The van der Waals surface area contributed by atoms with E-state index in [1.807, 2.05) is 7.05 Å². The van der Waals surface area contributed by atoms with Crippen LogP contribution in [0.4, 0.5) is 22.0 Å². The average molecular weight is 490 g/mol. The van der Waals surface area contributed by atoms with Crippen molar-refractivity contribution < 1.29 is 26.7 Å². The van der Waals surface area contributed by atoms with Crippen LogP contribution in [0.25, 0.3) is 16.9 Å². The molecule has 160 valence electrons. The number of hydrogen-bond donors (Lipinski definition) is 0. The molecule has 0 N–H and O–H groups in total. The Labute approximate surface area is 177 Å². The highest BCUT2D eigenvalue weighted by Gasteiger charge is 2.32. The fourth-order valence-corrected chi connectivity index (χ4v) is 4.04. The predicted octanol–water partition coefficient (Wildman–Crippen LogP) is 4.93. The molecule has 4 rings (SSSR count). The molecule has 1 unspecified atom stereocenters. The molecule has 0 bridgehead atoms. The van der Waals surface area contributed by atoms with Crippen LogP contribution in [0.15, 0.2) is 34.9 Å². The fourth-order valence-electron chi connectivity index (χ4n) is 3.64. The molecule has 2 aromatic heterocycles. The summed E-state index contributed by atoms with van der Waals surface area (Å²) in [6.07, 6.45) is -3.38. The SMILES string of the molecule is CN1CCOC(Cc2c(-c3c(F)cc(Br)cc3F)nc3cc(C(F)(F)F)ccn23)C1. The van der Waals surface area contributed by atoms with Crippen LogP contribution < -0.4 is 0 Å². The Morgan fingerprint density at radius 1 is 1.20 bits per heavy atom. The molecular formula is C20H17BrF5N3O. The third-order valence-electron chi connectivity index (χ3n) is 5.06. The van der Waals surface area contributed by atoms with Crippen molar-refractivity contribution in [3.8, 4) is 11.3 Å². The summed E-state index contributed by atoms with van der Waals surface area (Å²) in [5, 5.41) is 0. The van der Waals surface area contributed by atoms with Gasteiger partial charge in [0.15, 0.2) is 0 Å². The van der Waals surface area contributed by atoms with Gasteiger partial charge in [-0.15, -0.1) is 0 Å². The van der Waals surface area contributed by atoms with E-state index in [4.69, 9.17) is 4.74 Å². The van der Waals surface area contributed by atoms with Gasteiger partial charge < -0.3 is 14.0 Å². The lowest BCUT2D eigenvalue weighted by Gasteiger charge is -2.30. The maximum atomic E-state index is 14.7. The highest BCUT2D eigenvalue weighted by Crippen LogP contribution is 2.35. The molecule has 0 spiro atoms. The smallest absolute Gasteiger partial charge is 0.375 e. The number of nitrogens with zero attached hydrogens (tertiary/aromatic N) is 3. The van der Waals surface area contributed by atoms with Crippen molar-refractivity contribution in [1.82, 2.24) is 14.3 Å². The van der Waals surface area contributed by atoms with Crippen molar-refractivity contribution in [2.45, 2.75) is 18.7 Å². The molecule has 0 radical (unpaired) electrons. The quantitative estimate of drug-likeness (QED) is 0.488. The molecule has 10 heteroatoms. The lowest BCUT2D eigenvalue weighted by Crippen LogP contribution is -2.41. The van der Waals surface area contributed by atoms with Crippen LogP contribution >= 0.6 is 15.9 Å². The van der Waals surface area contributed by atoms with Gasteiger partial charge in [-0.3, -0.25) is 0 Å². The number of halogens is 6. The summed E-state index contributed by atoms with van der Waals surface area (Å²) in [7, 11) is 1.93. The lowest BCUT2D eigenvalue weighted by molar-refractivity contribution is -0.137. The second-order valence-electron chi connectivity index (χ2n) is 7.25. The van der Waals surface area contributed by atoms with Crippen molar-refractivity contribution in [2.75, 3.05) is 26.7 Å². The van der Waals surface area contributed by atoms with E-state index in [9.17, 15) is 22.0 Å². The van der Waals surface area contributed by atoms with Gasteiger partial charge in [0.2, 0.25) is 0 Å². The summed E-state index contributed by atoms with van der Waals surface area (Å²) in [6, 6.07) is 3.98. The average Bonchev–Trinajstić information content (AvgIpc) is 2.97. The molecule has 1 fully saturated rings. The number of aromatic nitrogens is 2. The highest BCUT2D eigenvalue weighted by molar-refractivity contribution is 9.10. The van der Waals surface area contributed by atoms with Gasteiger partial charge in [0.05, 0.1) is 35.2 Å². The third-order valence-corrected chi connectivity index (χ3v) is 5.52. The minimum absolute atomic E-state index is 0.0337. The van der Waals surface area contributed by atoms with Crippen molar-refractivity contribution in [3.63, 3.8) is 0 Å². The number of rotatable bonds is 3. The molecule has 1 atom stereocenters. The largest absolute Gasteiger partial charge is 0.416 e. The van der Waals surface area contributed by atoms with Gasteiger partial charge in [0.25, 0.3) is 0 Å². The Bertz CT molecular complexity index is 1070. The van der Waals surface area contributed by atoms with Crippen LogP contribution in [0.3, 0.4) is 0 Å². The first kappa shape index (κ1) is 21.2. The summed E-state index contributed by atoms with van der Waals surface area (Å²) in [5.41, 5.74) is -0.952. The van der Waals surface area contributed by atoms with Crippen LogP contribution in [0.1, 0.15) is 11.3 Å². The van der Waals surface area contributed by atoms with E-state index in [0.29, 0.717) is 18.8 Å². The van der Waals surface area contributed by atoms with E-state index >= 15 is 0 Å². The van der Waals surface area contributed by atoms with Crippen molar-refractivity contribution >= 4 is 21.6 Å². The normalized spacial score (nSPS) is 18.3. The Balaban J connectivity index is 1.89. The van der Waals surface area contributed by atoms with E-state index in [-0.39, 0.29) is 33.9 Å². The number of likely N-dealkylation sites (N-methyl/N-ethyl adjacent to an activating group) is 1. The summed E-state index contributed by atoms with van der Waals surface area (Å²) in [4.78, 5) is 6.25. The molecule has 0 amide bonds. The molecule has 3 heterocycles. The number of benzene rings is 1.